The average Bonchev–Trinajstić information content (AvgIpc) is 2.04. The molecule has 0 saturated carbocycles. The van der Waals surface area contributed by atoms with Crippen molar-refractivity contribution in [2.45, 2.75) is 19.9 Å². The summed E-state index contributed by atoms with van der Waals surface area (Å²) < 4.78 is 0. The molecule has 0 aromatic heterocycles. The Morgan fingerprint density at radius 2 is 1.75 bits per heavy atom. The summed E-state index contributed by atoms with van der Waals surface area (Å²) in [6.07, 6.45) is 0. The topological polar surface area (TPSA) is 56.4 Å². The number of piperazine rings is 1. The Bertz CT molecular complexity index is 158. The highest BCUT2D eigenvalue weighted by Gasteiger charge is 2.18. The molecule has 0 amide bonds. The minimum absolute atomic E-state index is 0.207. The second-order valence-corrected chi connectivity index (χ2v) is 3.50. The summed E-state index contributed by atoms with van der Waals surface area (Å²) in [5.74, 6) is 0.207. The lowest BCUT2D eigenvalue weighted by molar-refractivity contribution is 0.147. The molecule has 4 heteroatoms. The first-order chi connectivity index (χ1) is 5.61. The molecule has 4 nitrogen and oxygen atoms in total. The van der Waals surface area contributed by atoms with Gasteiger partial charge in [-0.25, -0.2) is 0 Å². The van der Waals surface area contributed by atoms with E-state index in [1.54, 1.807) is 0 Å². The highest BCUT2D eigenvalue weighted by molar-refractivity contribution is 5.74. The van der Waals surface area contributed by atoms with Crippen molar-refractivity contribution in [3.63, 3.8) is 0 Å². The van der Waals surface area contributed by atoms with Crippen LogP contribution >= 0.6 is 0 Å². The van der Waals surface area contributed by atoms with Gasteiger partial charge in [0.1, 0.15) is 0 Å². The molecule has 0 bridgehead atoms. The fourth-order valence-electron chi connectivity index (χ4n) is 1.48. The first-order valence-electron chi connectivity index (χ1n) is 4.44. The molecule has 0 spiro atoms. The van der Waals surface area contributed by atoms with Crippen LogP contribution in [0.25, 0.3) is 0 Å². The van der Waals surface area contributed by atoms with Gasteiger partial charge in [-0.3, -0.25) is 10.3 Å². The van der Waals surface area contributed by atoms with Gasteiger partial charge in [0.2, 0.25) is 0 Å². The number of hydrogen-bond donors (Lipinski definition) is 2. The van der Waals surface area contributed by atoms with Gasteiger partial charge in [0.15, 0.2) is 5.96 Å². The summed E-state index contributed by atoms with van der Waals surface area (Å²) in [6.45, 7) is 8.24. The van der Waals surface area contributed by atoms with Crippen LogP contribution < -0.4 is 5.73 Å². The summed E-state index contributed by atoms with van der Waals surface area (Å²) in [5.41, 5.74) is 5.38. The van der Waals surface area contributed by atoms with Gasteiger partial charge in [0, 0.05) is 32.2 Å². The van der Waals surface area contributed by atoms with Crippen molar-refractivity contribution in [2.24, 2.45) is 5.73 Å². The third-order valence-electron chi connectivity index (χ3n) is 2.39. The van der Waals surface area contributed by atoms with E-state index < -0.39 is 0 Å². The molecule has 1 aliphatic rings. The van der Waals surface area contributed by atoms with E-state index in [2.05, 4.69) is 18.7 Å². The number of guanidine groups is 1. The molecule has 0 aromatic carbocycles. The predicted molar refractivity (Wildman–Crippen MR) is 50.2 cm³/mol. The summed E-state index contributed by atoms with van der Waals surface area (Å²) >= 11 is 0. The number of hydrogen-bond acceptors (Lipinski definition) is 2. The predicted octanol–water partition coefficient (Wildman–Crippen LogP) is -0.0941. The molecule has 0 atom stereocenters. The van der Waals surface area contributed by atoms with E-state index in [0.29, 0.717) is 6.04 Å². The highest BCUT2D eigenvalue weighted by Crippen LogP contribution is 2.04. The van der Waals surface area contributed by atoms with E-state index in [-0.39, 0.29) is 5.96 Å². The van der Waals surface area contributed by atoms with Crippen molar-refractivity contribution >= 4 is 5.96 Å². The molecule has 1 fully saturated rings. The van der Waals surface area contributed by atoms with E-state index in [1.165, 1.54) is 0 Å². The van der Waals surface area contributed by atoms with Crippen LogP contribution in [-0.2, 0) is 0 Å². The molecule has 0 radical (unpaired) electrons. The number of nitrogens with one attached hydrogen (secondary N) is 1. The van der Waals surface area contributed by atoms with Crippen molar-refractivity contribution in [3.8, 4) is 0 Å². The normalized spacial score (nSPS) is 20.1. The molecule has 0 aliphatic carbocycles. The van der Waals surface area contributed by atoms with Crippen molar-refractivity contribution in [1.82, 2.24) is 9.80 Å². The smallest absolute Gasteiger partial charge is 0.188 e. The maximum absolute atomic E-state index is 7.25. The summed E-state index contributed by atoms with van der Waals surface area (Å²) in [6, 6.07) is 0.610. The summed E-state index contributed by atoms with van der Waals surface area (Å²) in [5, 5.41) is 7.25. The molecule has 12 heavy (non-hydrogen) atoms. The lowest BCUT2D eigenvalue weighted by atomic mass is 10.2. The summed E-state index contributed by atoms with van der Waals surface area (Å²) in [7, 11) is 0. The molecule has 1 aliphatic heterocycles. The van der Waals surface area contributed by atoms with Crippen LogP contribution in [0.1, 0.15) is 13.8 Å². The maximum atomic E-state index is 7.25. The largest absolute Gasteiger partial charge is 0.370 e. The molecule has 70 valence electrons. The van der Waals surface area contributed by atoms with E-state index in [1.807, 2.05) is 4.90 Å². The maximum Gasteiger partial charge on any atom is 0.188 e. The van der Waals surface area contributed by atoms with Crippen molar-refractivity contribution in [2.75, 3.05) is 26.2 Å². The van der Waals surface area contributed by atoms with Crippen LogP contribution in [0.5, 0.6) is 0 Å². The fourth-order valence-corrected chi connectivity index (χ4v) is 1.48. The van der Waals surface area contributed by atoms with Crippen LogP contribution in [0.4, 0.5) is 0 Å². The van der Waals surface area contributed by atoms with Gasteiger partial charge in [-0.15, -0.1) is 0 Å². The minimum atomic E-state index is 0.207. The van der Waals surface area contributed by atoms with Gasteiger partial charge in [-0.1, -0.05) is 0 Å². The zero-order valence-corrected chi connectivity index (χ0v) is 7.88. The Hall–Kier alpha value is -0.770. The molecular formula is C8H18N4. The van der Waals surface area contributed by atoms with Gasteiger partial charge in [-0.2, -0.15) is 0 Å². The number of nitrogens with zero attached hydrogens (tertiary/aromatic N) is 2. The van der Waals surface area contributed by atoms with Crippen LogP contribution in [0.2, 0.25) is 0 Å². The van der Waals surface area contributed by atoms with Crippen molar-refractivity contribution in [3.05, 3.63) is 0 Å². The average molecular weight is 170 g/mol. The van der Waals surface area contributed by atoms with Gasteiger partial charge in [0.05, 0.1) is 0 Å². The molecule has 0 aromatic rings. The Balaban J connectivity index is 2.34. The molecule has 1 rings (SSSR count). The zero-order valence-electron chi connectivity index (χ0n) is 7.88. The third-order valence-corrected chi connectivity index (χ3v) is 2.39. The summed E-state index contributed by atoms with van der Waals surface area (Å²) in [4.78, 5) is 4.32. The first-order valence-corrected chi connectivity index (χ1v) is 4.44. The minimum Gasteiger partial charge on any atom is -0.370 e. The monoisotopic (exact) mass is 170 g/mol. The quantitative estimate of drug-likeness (QED) is 0.427. The Kier molecular flexibility index (Phi) is 2.92. The van der Waals surface area contributed by atoms with Crippen LogP contribution in [-0.4, -0.2) is 48.0 Å². The lowest BCUT2D eigenvalue weighted by Crippen LogP contribution is -2.52. The Labute approximate surface area is 73.8 Å². The van der Waals surface area contributed by atoms with Gasteiger partial charge < -0.3 is 10.6 Å². The van der Waals surface area contributed by atoms with Crippen LogP contribution in [0.3, 0.4) is 0 Å². The fraction of sp³-hybridized carbons (Fsp3) is 0.875. The SMILES string of the molecule is CC(C)N1CCN(C(=N)N)CC1. The highest BCUT2D eigenvalue weighted by atomic mass is 15.3. The Morgan fingerprint density at radius 1 is 1.25 bits per heavy atom. The van der Waals surface area contributed by atoms with Gasteiger partial charge in [0.25, 0.3) is 0 Å². The van der Waals surface area contributed by atoms with Gasteiger partial charge in [-0.05, 0) is 13.8 Å². The Morgan fingerprint density at radius 3 is 2.08 bits per heavy atom. The second-order valence-electron chi connectivity index (χ2n) is 3.50. The molecular weight excluding hydrogens is 152 g/mol. The second kappa shape index (κ2) is 3.76. The van der Waals surface area contributed by atoms with Crippen LogP contribution in [0.15, 0.2) is 0 Å². The zero-order chi connectivity index (χ0) is 9.14. The molecule has 1 heterocycles. The van der Waals surface area contributed by atoms with Gasteiger partial charge >= 0.3 is 0 Å². The third kappa shape index (κ3) is 2.11. The number of rotatable bonds is 1. The van der Waals surface area contributed by atoms with E-state index in [4.69, 9.17) is 11.1 Å². The molecule has 3 N–H and O–H groups in total. The lowest BCUT2D eigenvalue weighted by Gasteiger charge is -2.36. The van der Waals surface area contributed by atoms with Crippen molar-refractivity contribution < 1.29 is 0 Å². The van der Waals surface area contributed by atoms with Crippen LogP contribution in [0, 0.1) is 5.41 Å². The first kappa shape index (κ1) is 9.32. The standard InChI is InChI=1S/C8H18N4/c1-7(2)11-3-5-12(6-4-11)8(9)10/h7H,3-6H2,1-2H3,(H3,9,10). The molecule has 1 saturated heterocycles. The van der Waals surface area contributed by atoms with E-state index in [0.717, 1.165) is 26.2 Å². The molecule has 0 unspecified atom stereocenters. The van der Waals surface area contributed by atoms with Crippen molar-refractivity contribution in [1.29, 1.82) is 5.41 Å². The number of nitrogens with two attached hydrogens (primary N) is 1. The van der Waals surface area contributed by atoms with E-state index in [9.17, 15) is 0 Å². The van der Waals surface area contributed by atoms with E-state index >= 15 is 0 Å².